The molecule has 1 atom stereocenters. The fraction of sp³-hybridized carbons (Fsp3) is 0.727. The molecule has 0 radical (unpaired) electrons. The Labute approximate surface area is 95.9 Å². The maximum absolute atomic E-state index is 9.93. The maximum atomic E-state index is 9.93. The average molecular weight is 228 g/mol. The van der Waals surface area contributed by atoms with Crippen molar-refractivity contribution in [3.05, 3.63) is 18.2 Å². The Hall–Kier alpha value is -0.480. The van der Waals surface area contributed by atoms with Gasteiger partial charge in [0, 0.05) is 24.7 Å². The molecule has 0 aliphatic rings. The lowest BCUT2D eigenvalue weighted by atomic mass is 10.3. The molecule has 1 aromatic rings. The zero-order valence-electron chi connectivity index (χ0n) is 9.68. The van der Waals surface area contributed by atoms with Crippen LogP contribution in [0, 0.1) is 5.92 Å². The van der Waals surface area contributed by atoms with E-state index in [1.807, 2.05) is 10.8 Å². The Kier molecular flexibility index (Phi) is 5.19. The monoisotopic (exact) mass is 228 g/mol. The van der Waals surface area contributed by atoms with Gasteiger partial charge in [0.1, 0.15) is 11.9 Å². The molecule has 1 aromatic heterocycles. The minimum absolute atomic E-state index is 0.441. The molecule has 86 valence electrons. The number of imidazole rings is 1. The van der Waals surface area contributed by atoms with Gasteiger partial charge in [-0.25, -0.2) is 4.98 Å². The zero-order valence-corrected chi connectivity index (χ0v) is 10.5. The van der Waals surface area contributed by atoms with Gasteiger partial charge < -0.3 is 9.67 Å². The summed E-state index contributed by atoms with van der Waals surface area (Å²) >= 11 is 1.78. The molecule has 1 rings (SSSR count). The van der Waals surface area contributed by atoms with Gasteiger partial charge in [-0.05, 0) is 18.6 Å². The molecular formula is C11H20N2OS. The van der Waals surface area contributed by atoms with Gasteiger partial charge in [-0.2, -0.15) is 11.8 Å². The lowest BCUT2D eigenvalue weighted by molar-refractivity contribution is 0.189. The Morgan fingerprint density at radius 1 is 1.47 bits per heavy atom. The number of rotatable bonds is 6. The van der Waals surface area contributed by atoms with Crippen LogP contribution >= 0.6 is 11.8 Å². The van der Waals surface area contributed by atoms with Gasteiger partial charge in [0.2, 0.25) is 0 Å². The molecule has 3 nitrogen and oxygen atoms in total. The van der Waals surface area contributed by atoms with Crippen LogP contribution in [0.15, 0.2) is 12.4 Å². The minimum atomic E-state index is -0.441. The summed E-state index contributed by atoms with van der Waals surface area (Å²) in [7, 11) is 0. The van der Waals surface area contributed by atoms with Crippen molar-refractivity contribution in [2.45, 2.75) is 33.4 Å². The van der Waals surface area contributed by atoms with E-state index >= 15 is 0 Å². The van der Waals surface area contributed by atoms with Crippen LogP contribution in [0.25, 0.3) is 0 Å². The van der Waals surface area contributed by atoms with Gasteiger partial charge in [-0.3, -0.25) is 0 Å². The van der Waals surface area contributed by atoms with Gasteiger partial charge in [-0.15, -0.1) is 0 Å². The first-order chi connectivity index (χ1) is 7.15. The highest BCUT2D eigenvalue weighted by Gasteiger charge is 2.13. The van der Waals surface area contributed by atoms with E-state index < -0.39 is 6.10 Å². The van der Waals surface area contributed by atoms with Gasteiger partial charge in [0.25, 0.3) is 0 Å². The second-order valence-electron chi connectivity index (χ2n) is 4.02. The van der Waals surface area contributed by atoms with Crippen molar-refractivity contribution in [2.75, 3.05) is 11.5 Å². The molecule has 0 aromatic carbocycles. The van der Waals surface area contributed by atoms with E-state index in [4.69, 9.17) is 0 Å². The molecule has 0 saturated heterocycles. The van der Waals surface area contributed by atoms with Gasteiger partial charge >= 0.3 is 0 Å². The van der Waals surface area contributed by atoms with Crippen LogP contribution in [0.4, 0.5) is 0 Å². The van der Waals surface area contributed by atoms with E-state index in [2.05, 4.69) is 25.8 Å². The van der Waals surface area contributed by atoms with E-state index in [9.17, 15) is 5.11 Å². The third-order valence-corrected chi connectivity index (χ3v) is 3.57. The van der Waals surface area contributed by atoms with Gasteiger partial charge in [-0.1, -0.05) is 13.8 Å². The molecule has 1 unspecified atom stereocenters. The fourth-order valence-electron chi connectivity index (χ4n) is 1.38. The third-order valence-electron chi connectivity index (χ3n) is 2.11. The average Bonchev–Trinajstić information content (AvgIpc) is 2.64. The molecule has 1 heterocycles. The number of thioether (sulfide) groups is 1. The molecule has 0 saturated carbocycles. The number of nitrogens with zero attached hydrogens (tertiary/aromatic N) is 2. The lowest BCUT2D eigenvalue weighted by Crippen LogP contribution is -2.10. The summed E-state index contributed by atoms with van der Waals surface area (Å²) in [6.07, 6.45) is 3.21. The van der Waals surface area contributed by atoms with Gasteiger partial charge in [0.05, 0.1) is 0 Å². The first-order valence-corrected chi connectivity index (χ1v) is 6.57. The van der Waals surface area contributed by atoms with Crippen LogP contribution in [0.3, 0.4) is 0 Å². The second-order valence-corrected chi connectivity index (χ2v) is 5.09. The van der Waals surface area contributed by atoms with Crippen molar-refractivity contribution in [2.24, 2.45) is 5.92 Å². The van der Waals surface area contributed by atoms with E-state index in [0.717, 1.165) is 23.9 Å². The highest BCUT2D eigenvalue weighted by molar-refractivity contribution is 7.99. The quantitative estimate of drug-likeness (QED) is 0.812. The summed E-state index contributed by atoms with van der Waals surface area (Å²) in [4.78, 5) is 4.18. The summed E-state index contributed by atoms with van der Waals surface area (Å²) in [5, 5.41) is 9.93. The van der Waals surface area contributed by atoms with E-state index in [1.165, 1.54) is 0 Å². The first kappa shape index (κ1) is 12.6. The van der Waals surface area contributed by atoms with Crippen LogP contribution in [-0.2, 0) is 6.54 Å². The predicted octanol–water partition coefficient (Wildman–Crippen LogP) is 2.33. The summed E-state index contributed by atoms with van der Waals surface area (Å²) in [6, 6.07) is 0. The number of aryl methyl sites for hydroxylation is 1. The van der Waals surface area contributed by atoms with Crippen molar-refractivity contribution in [3.8, 4) is 0 Å². The van der Waals surface area contributed by atoms with Crippen molar-refractivity contribution < 1.29 is 5.11 Å². The molecule has 0 bridgehead atoms. The molecule has 0 aliphatic heterocycles. The number of hydrogen-bond donors (Lipinski definition) is 1. The maximum Gasteiger partial charge on any atom is 0.138 e. The molecular weight excluding hydrogens is 208 g/mol. The van der Waals surface area contributed by atoms with Crippen molar-refractivity contribution in [1.29, 1.82) is 0 Å². The summed E-state index contributed by atoms with van der Waals surface area (Å²) in [5.74, 6) is 3.28. The van der Waals surface area contributed by atoms with Crippen LogP contribution in [0.5, 0.6) is 0 Å². The highest BCUT2D eigenvalue weighted by Crippen LogP contribution is 2.18. The Balaban J connectivity index is 2.43. The molecule has 0 aliphatic carbocycles. The van der Waals surface area contributed by atoms with Gasteiger partial charge in [0.15, 0.2) is 0 Å². The molecule has 1 N–H and O–H groups in total. The summed E-state index contributed by atoms with van der Waals surface area (Å²) in [5.41, 5.74) is 0. The summed E-state index contributed by atoms with van der Waals surface area (Å²) < 4.78 is 1.99. The van der Waals surface area contributed by atoms with Crippen LogP contribution in [-0.4, -0.2) is 26.2 Å². The third kappa shape index (κ3) is 3.87. The Morgan fingerprint density at radius 3 is 2.80 bits per heavy atom. The molecule has 4 heteroatoms. The number of aliphatic hydroxyl groups excluding tert-OH is 1. The van der Waals surface area contributed by atoms with Crippen LogP contribution < -0.4 is 0 Å². The van der Waals surface area contributed by atoms with Crippen LogP contribution in [0.1, 0.15) is 32.7 Å². The minimum Gasteiger partial charge on any atom is -0.384 e. The first-order valence-electron chi connectivity index (χ1n) is 5.42. The van der Waals surface area contributed by atoms with E-state index in [-0.39, 0.29) is 0 Å². The van der Waals surface area contributed by atoms with E-state index in [0.29, 0.717) is 5.92 Å². The number of aliphatic hydroxyl groups is 1. The SMILES string of the molecule is CCn1ccnc1C(O)CSCC(C)C. The predicted molar refractivity (Wildman–Crippen MR) is 65.0 cm³/mol. The Morgan fingerprint density at radius 2 is 2.20 bits per heavy atom. The van der Waals surface area contributed by atoms with Crippen molar-refractivity contribution >= 4 is 11.8 Å². The Bertz CT molecular complexity index is 286. The van der Waals surface area contributed by atoms with Crippen LogP contribution in [0.2, 0.25) is 0 Å². The van der Waals surface area contributed by atoms with Crippen molar-refractivity contribution in [1.82, 2.24) is 9.55 Å². The highest BCUT2D eigenvalue weighted by atomic mass is 32.2. The molecule has 0 fully saturated rings. The van der Waals surface area contributed by atoms with E-state index in [1.54, 1.807) is 18.0 Å². The summed E-state index contributed by atoms with van der Waals surface area (Å²) in [6.45, 7) is 7.29. The topological polar surface area (TPSA) is 38.0 Å². The number of aromatic nitrogens is 2. The second kappa shape index (κ2) is 6.18. The standard InChI is InChI=1S/C11H20N2OS/c1-4-13-6-5-12-11(13)10(14)8-15-7-9(2)3/h5-6,9-10,14H,4,7-8H2,1-3H3. The smallest absolute Gasteiger partial charge is 0.138 e. The molecule has 0 spiro atoms. The largest absolute Gasteiger partial charge is 0.384 e. The number of hydrogen-bond acceptors (Lipinski definition) is 3. The molecule has 0 amide bonds. The molecule has 15 heavy (non-hydrogen) atoms. The normalized spacial score (nSPS) is 13.4. The fourth-order valence-corrected chi connectivity index (χ4v) is 2.36. The van der Waals surface area contributed by atoms with Crippen molar-refractivity contribution in [3.63, 3.8) is 0 Å². The lowest BCUT2D eigenvalue weighted by Gasteiger charge is -2.12. The zero-order chi connectivity index (χ0) is 11.3.